The third-order valence-corrected chi connectivity index (χ3v) is 4.16. The standard InChI is InChI=1S/C16H22N4O2S/c1-3-22-10-9-17-15(21)12-23-16-19-18-13(2)20(16)11-14-7-5-4-6-8-14/h4-8H,3,9-12H2,1-2H3,(H,17,21). The van der Waals surface area contributed by atoms with E-state index in [1.807, 2.05) is 36.6 Å². The topological polar surface area (TPSA) is 69.0 Å². The number of ether oxygens (including phenoxy) is 1. The summed E-state index contributed by atoms with van der Waals surface area (Å²) in [6.45, 7) is 6.28. The van der Waals surface area contributed by atoms with E-state index in [-0.39, 0.29) is 5.91 Å². The maximum Gasteiger partial charge on any atom is 0.230 e. The molecular formula is C16H22N4O2S. The number of amides is 1. The highest BCUT2D eigenvalue weighted by atomic mass is 32.2. The Morgan fingerprint density at radius 2 is 2.09 bits per heavy atom. The first-order valence-electron chi connectivity index (χ1n) is 7.61. The van der Waals surface area contributed by atoms with E-state index in [1.165, 1.54) is 17.3 Å². The van der Waals surface area contributed by atoms with Crippen LogP contribution in [0.4, 0.5) is 0 Å². The number of carbonyl (C=O) groups is 1. The van der Waals surface area contributed by atoms with Crippen LogP contribution < -0.4 is 5.32 Å². The Labute approximate surface area is 140 Å². The van der Waals surface area contributed by atoms with Crippen LogP contribution in [-0.2, 0) is 16.1 Å². The average molecular weight is 334 g/mol. The lowest BCUT2D eigenvalue weighted by molar-refractivity contribution is -0.118. The summed E-state index contributed by atoms with van der Waals surface area (Å²) in [7, 11) is 0. The molecule has 0 unspecified atom stereocenters. The van der Waals surface area contributed by atoms with Gasteiger partial charge in [0.15, 0.2) is 5.16 Å². The summed E-state index contributed by atoms with van der Waals surface area (Å²) in [5.74, 6) is 1.13. The molecule has 6 nitrogen and oxygen atoms in total. The molecule has 0 radical (unpaired) electrons. The normalized spacial score (nSPS) is 10.7. The van der Waals surface area contributed by atoms with E-state index < -0.39 is 0 Å². The van der Waals surface area contributed by atoms with Crippen molar-refractivity contribution >= 4 is 17.7 Å². The molecule has 23 heavy (non-hydrogen) atoms. The van der Waals surface area contributed by atoms with Gasteiger partial charge in [-0.3, -0.25) is 4.79 Å². The number of aryl methyl sites for hydroxylation is 1. The lowest BCUT2D eigenvalue weighted by Crippen LogP contribution is -2.28. The zero-order valence-electron chi connectivity index (χ0n) is 13.5. The molecule has 1 aromatic heterocycles. The van der Waals surface area contributed by atoms with Crippen molar-refractivity contribution in [1.82, 2.24) is 20.1 Å². The van der Waals surface area contributed by atoms with Crippen LogP contribution >= 0.6 is 11.8 Å². The van der Waals surface area contributed by atoms with Gasteiger partial charge >= 0.3 is 0 Å². The van der Waals surface area contributed by atoms with Crippen molar-refractivity contribution < 1.29 is 9.53 Å². The first kappa shape index (κ1) is 17.5. The van der Waals surface area contributed by atoms with Crippen molar-refractivity contribution in [1.29, 1.82) is 0 Å². The number of rotatable bonds is 9. The molecule has 2 aromatic rings. The molecular weight excluding hydrogens is 312 g/mol. The highest BCUT2D eigenvalue weighted by molar-refractivity contribution is 7.99. The Morgan fingerprint density at radius 3 is 2.83 bits per heavy atom. The summed E-state index contributed by atoms with van der Waals surface area (Å²) >= 11 is 1.40. The molecule has 0 saturated heterocycles. The van der Waals surface area contributed by atoms with E-state index in [9.17, 15) is 4.79 Å². The summed E-state index contributed by atoms with van der Waals surface area (Å²) < 4.78 is 7.21. The molecule has 0 spiro atoms. The third-order valence-electron chi connectivity index (χ3n) is 3.19. The van der Waals surface area contributed by atoms with Gasteiger partial charge in [-0.2, -0.15) is 0 Å². The van der Waals surface area contributed by atoms with Gasteiger partial charge in [0, 0.05) is 13.2 Å². The fourth-order valence-corrected chi connectivity index (χ4v) is 2.82. The van der Waals surface area contributed by atoms with Crippen molar-refractivity contribution in [3.8, 4) is 0 Å². The molecule has 0 bridgehead atoms. The molecule has 1 N–H and O–H groups in total. The second-order valence-electron chi connectivity index (χ2n) is 4.94. The fraction of sp³-hybridized carbons (Fsp3) is 0.438. The first-order valence-corrected chi connectivity index (χ1v) is 8.60. The average Bonchev–Trinajstić information content (AvgIpc) is 2.91. The predicted octanol–water partition coefficient (Wildman–Crippen LogP) is 1.88. The van der Waals surface area contributed by atoms with Gasteiger partial charge in [0.25, 0.3) is 0 Å². The van der Waals surface area contributed by atoms with Gasteiger partial charge in [0.05, 0.1) is 18.9 Å². The lowest BCUT2D eigenvalue weighted by Gasteiger charge is -2.09. The van der Waals surface area contributed by atoms with Crippen LogP contribution in [0.3, 0.4) is 0 Å². The zero-order valence-corrected chi connectivity index (χ0v) is 14.3. The summed E-state index contributed by atoms with van der Waals surface area (Å²) in [4.78, 5) is 11.8. The monoisotopic (exact) mass is 334 g/mol. The van der Waals surface area contributed by atoms with Crippen LogP contribution in [0, 0.1) is 6.92 Å². The Balaban J connectivity index is 1.87. The van der Waals surface area contributed by atoms with Crippen molar-refractivity contribution in [2.75, 3.05) is 25.5 Å². The Bertz CT molecular complexity index is 616. The minimum Gasteiger partial charge on any atom is -0.380 e. The molecule has 1 amide bonds. The molecule has 0 aliphatic heterocycles. The van der Waals surface area contributed by atoms with E-state index in [2.05, 4.69) is 27.6 Å². The highest BCUT2D eigenvalue weighted by Gasteiger charge is 2.12. The number of benzene rings is 1. The van der Waals surface area contributed by atoms with E-state index >= 15 is 0 Å². The molecule has 0 atom stereocenters. The molecule has 1 heterocycles. The molecule has 7 heteroatoms. The summed E-state index contributed by atoms with van der Waals surface area (Å²) in [5, 5.41) is 11.9. The van der Waals surface area contributed by atoms with Crippen molar-refractivity contribution in [2.45, 2.75) is 25.5 Å². The van der Waals surface area contributed by atoms with Crippen molar-refractivity contribution in [3.05, 3.63) is 41.7 Å². The summed E-state index contributed by atoms with van der Waals surface area (Å²) in [6, 6.07) is 10.1. The van der Waals surface area contributed by atoms with Crippen LogP contribution in [0.15, 0.2) is 35.5 Å². The summed E-state index contributed by atoms with van der Waals surface area (Å²) in [5.41, 5.74) is 1.18. The molecule has 0 aliphatic carbocycles. The van der Waals surface area contributed by atoms with Crippen molar-refractivity contribution in [2.24, 2.45) is 0 Å². The molecule has 0 fully saturated rings. The van der Waals surface area contributed by atoms with Gasteiger partial charge in [0.2, 0.25) is 5.91 Å². The number of carbonyl (C=O) groups excluding carboxylic acids is 1. The molecule has 1 aromatic carbocycles. The number of nitrogens with zero attached hydrogens (tertiary/aromatic N) is 3. The van der Waals surface area contributed by atoms with Gasteiger partial charge in [-0.25, -0.2) is 0 Å². The largest absolute Gasteiger partial charge is 0.380 e. The predicted molar refractivity (Wildman–Crippen MR) is 90.5 cm³/mol. The van der Waals surface area contributed by atoms with Gasteiger partial charge in [-0.15, -0.1) is 10.2 Å². The van der Waals surface area contributed by atoms with E-state index in [0.717, 1.165) is 11.0 Å². The maximum absolute atomic E-state index is 11.8. The van der Waals surface area contributed by atoms with Crippen molar-refractivity contribution in [3.63, 3.8) is 0 Å². The number of aromatic nitrogens is 3. The van der Waals surface area contributed by atoms with Crippen LogP contribution in [0.25, 0.3) is 0 Å². The van der Waals surface area contributed by atoms with Gasteiger partial charge in [-0.05, 0) is 19.4 Å². The Morgan fingerprint density at radius 1 is 1.30 bits per heavy atom. The quantitative estimate of drug-likeness (QED) is 0.560. The molecule has 0 saturated carbocycles. The fourth-order valence-electron chi connectivity index (χ4n) is 2.00. The molecule has 2 rings (SSSR count). The van der Waals surface area contributed by atoms with Crippen LogP contribution in [0.1, 0.15) is 18.3 Å². The van der Waals surface area contributed by atoms with E-state index in [0.29, 0.717) is 32.1 Å². The van der Waals surface area contributed by atoms with Crippen LogP contribution in [0.5, 0.6) is 0 Å². The highest BCUT2D eigenvalue weighted by Crippen LogP contribution is 2.18. The zero-order chi connectivity index (χ0) is 16.5. The second-order valence-corrected chi connectivity index (χ2v) is 5.88. The smallest absolute Gasteiger partial charge is 0.230 e. The van der Waals surface area contributed by atoms with Gasteiger partial charge in [0.1, 0.15) is 5.82 Å². The lowest BCUT2D eigenvalue weighted by atomic mass is 10.2. The molecule has 124 valence electrons. The third kappa shape index (κ3) is 5.69. The second kappa shape index (κ2) is 9.32. The minimum atomic E-state index is -0.0263. The van der Waals surface area contributed by atoms with E-state index in [4.69, 9.17) is 4.74 Å². The number of thioether (sulfide) groups is 1. The Kier molecular flexibility index (Phi) is 7.09. The van der Waals surface area contributed by atoms with Gasteiger partial charge in [-0.1, -0.05) is 42.1 Å². The minimum absolute atomic E-state index is 0.0263. The number of nitrogens with one attached hydrogen (secondary N) is 1. The van der Waals surface area contributed by atoms with Crippen LogP contribution in [0.2, 0.25) is 0 Å². The van der Waals surface area contributed by atoms with E-state index in [1.54, 1.807) is 0 Å². The molecule has 0 aliphatic rings. The number of hydrogen-bond donors (Lipinski definition) is 1. The summed E-state index contributed by atoms with van der Waals surface area (Å²) in [6.07, 6.45) is 0. The number of hydrogen-bond acceptors (Lipinski definition) is 5. The Hall–Kier alpha value is -1.86. The SMILES string of the molecule is CCOCCNC(=O)CSc1nnc(C)n1Cc1ccccc1. The maximum atomic E-state index is 11.8. The first-order chi connectivity index (χ1) is 11.2. The van der Waals surface area contributed by atoms with Crippen LogP contribution in [-0.4, -0.2) is 46.2 Å². The van der Waals surface area contributed by atoms with Gasteiger partial charge < -0.3 is 14.6 Å².